The number of rotatable bonds is 4. The summed E-state index contributed by atoms with van der Waals surface area (Å²) in [5.74, 6) is 0.535. The van der Waals surface area contributed by atoms with Gasteiger partial charge in [-0.25, -0.2) is 4.98 Å². The molecule has 2 N–H and O–H groups in total. The smallest absolute Gasteiger partial charge is 0.232 e. The molecule has 25 heavy (non-hydrogen) atoms. The van der Waals surface area contributed by atoms with Gasteiger partial charge in [-0.05, 0) is 36.0 Å². The van der Waals surface area contributed by atoms with Gasteiger partial charge in [0.05, 0.1) is 23.4 Å². The van der Waals surface area contributed by atoms with Crippen LogP contribution in [0.4, 0.5) is 5.13 Å². The summed E-state index contributed by atoms with van der Waals surface area (Å²) in [7, 11) is 0. The third-order valence-corrected chi connectivity index (χ3v) is 5.46. The number of aromatic nitrogens is 5. The molecule has 1 aliphatic rings. The minimum Gasteiger partial charge on any atom is -0.468 e. The van der Waals surface area contributed by atoms with Gasteiger partial charge in [0.1, 0.15) is 6.10 Å². The Kier molecular flexibility index (Phi) is 3.47. The zero-order valence-corrected chi connectivity index (χ0v) is 14.5. The van der Waals surface area contributed by atoms with Crippen molar-refractivity contribution in [2.45, 2.75) is 16.2 Å². The first-order chi connectivity index (χ1) is 12.2. The minimum atomic E-state index is 0.0664. The van der Waals surface area contributed by atoms with E-state index in [-0.39, 0.29) is 6.10 Å². The number of nitrogen functional groups attached to an aromatic ring is 1. The second-order valence-corrected chi connectivity index (χ2v) is 7.59. The fraction of sp³-hybridized carbons (Fsp3) is 0.200. The lowest BCUT2D eigenvalue weighted by Gasteiger charge is -2.25. The van der Waals surface area contributed by atoms with Gasteiger partial charge in [-0.15, -0.1) is 15.3 Å². The first kappa shape index (κ1) is 14.9. The largest absolute Gasteiger partial charge is 0.468 e. The van der Waals surface area contributed by atoms with E-state index in [4.69, 9.17) is 15.2 Å². The summed E-state index contributed by atoms with van der Waals surface area (Å²) < 4.78 is 13.6. The van der Waals surface area contributed by atoms with Crippen LogP contribution in [0.25, 0.3) is 15.9 Å². The Labute approximate surface area is 150 Å². The van der Waals surface area contributed by atoms with Gasteiger partial charge in [0.25, 0.3) is 0 Å². The normalized spacial score (nSPS) is 14.9. The summed E-state index contributed by atoms with van der Waals surface area (Å²) in [6.07, 6.45) is 0.0664. The molecule has 0 amide bonds. The predicted octanol–water partition coefficient (Wildman–Crippen LogP) is 2.25. The lowest BCUT2D eigenvalue weighted by atomic mass is 10.3. The highest BCUT2D eigenvalue weighted by Gasteiger charge is 2.21. The van der Waals surface area contributed by atoms with Gasteiger partial charge in [-0.1, -0.05) is 11.3 Å². The van der Waals surface area contributed by atoms with Crippen LogP contribution in [0.5, 0.6) is 5.88 Å². The highest BCUT2D eigenvalue weighted by atomic mass is 32.2. The van der Waals surface area contributed by atoms with Crippen LogP contribution in [-0.2, 0) is 4.74 Å². The Bertz CT molecular complexity index is 1070. The van der Waals surface area contributed by atoms with E-state index in [0.29, 0.717) is 35.0 Å². The average molecular weight is 372 g/mol. The molecule has 3 aromatic heterocycles. The van der Waals surface area contributed by atoms with Gasteiger partial charge >= 0.3 is 0 Å². The molecular formula is C15H12N6O2S2. The van der Waals surface area contributed by atoms with Gasteiger partial charge in [-0.3, -0.25) is 0 Å². The summed E-state index contributed by atoms with van der Waals surface area (Å²) >= 11 is 2.94. The number of ether oxygens (including phenoxy) is 2. The number of anilines is 1. The second-order valence-electron chi connectivity index (χ2n) is 5.49. The maximum Gasteiger partial charge on any atom is 0.232 e. The van der Waals surface area contributed by atoms with E-state index in [1.807, 2.05) is 24.3 Å². The molecule has 0 spiro atoms. The summed E-state index contributed by atoms with van der Waals surface area (Å²) in [4.78, 5) is 5.29. The van der Waals surface area contributed by atoms with Crippen molar-refractivity contribution in [1.29, 1.82) is 0 Å². The van der Waals surface area contributed by atoms with Crippen LogP contribution in [0.15, 0.2) is 40.4 Å². The Morgan fingerprint density at radius 2 is 2.16 bits per heavy atom. The van der Waals surface area contributed by atoms with Crippen LogP contribution >= 0.6 is 23.1 Å². The number of hydrogen-bond donors (Lipinski definition) is 1. The number of nitrogens with zero attached hydrogens (tertiary/aromatic N) is 5. The lowest BCUT2D eigenvalue weighted by molar-refractivity contribution is -0.0817. The SMILES string of the molecule is Nc1nc2ccc(Sc3nnc4ccc(OC5COC5)nn34)cc2s1. The summed E-state index contributed by atoms with van der Waals surface area (Å²) in [5.41, 5.74) is 7.33. The van der Waals surface area contributed by atoms with Gasteiger partial charge in [0.2, 0.25) is 11.0 Å². The van der Waals surface area contributed by atoms with E-state index >= 15 is 0 Å². The number of hydrogen-bond acceptors (Lipinski definition) is 9. The zero-order chi connectivity index (χ0) is 16.8. The van der Waals surface area contributed by atoms with Gasteiger partial charge in [-0.2, -0.15) is 4.52 Å². The molecule has 0 saturated carbocycles. The molecule has 0 atom stereocenters. The first-order valence-electron chi connectivity index (χ1n) is 7.55. The highest BCUT2D eigenvalue weighted by Crippen LogP contribution is 2.32. The van der Waals surface area contributed by atoms with Crippen LogP contribution in [0.2, 0.25) is 0 Å². The topological polar surface area (TPSA) is 100 Å². The molecule has 1 aromatic carbocycles. The summed E-state index contributed by atoms with van der Waals surface area (Å²) in [6, 6.07) is 9.61. The van der Waals surface area contributed by atoms with Crippen LogP contribution in [0, 0.1) is 0 Å². The van der Waals surface area contributed by atoms with Gasteiger partial charge < -0.3 is 15.2 Å². The Balaban J connectivity index is 1.46. The van der Waals surface area contributed by atoms with Crippen molar-refractivity contribution in [2.75, 3.05) is 18.9 Å². The summed E-state index contributed by atoms with van der Waals surface area (Å²) in [5, 5.41) is 14.1. The number of fused-ring (bicyclic) bond motifs is 2. The molecule has 0 unspecified atom stereocenters. The van der Waals surface area contributed by atoms with Crippen molar-refractivity contribution < 1.29 is 9.47 Å². The van der Waals surface area contributed by atoms with Crippen LogP contribution in [-0.4, -0.2) is 44.1 Å². The number of nitrogens with two attached hydrogens (primary N) is 1. The molecule has 126 valence electrons. The van der Waals surface area contributed by atoms with E-state index in [0.717, 1.165) is 15.1 Å². The van der Waals surface area contributed by atoms with Crippen molar-refractivity contribution in [2.24, 2.45) is 0 Å². The van der Waals surface area contributed by atoms with E-state index < -0.39 is 0 Å². The Hall–Kier alpha value is -2.43. The standard InChI is InChI=1S/C15H12N6O2S2/c16-14-17-10-2-1-9(5-11(10)25-14)24-15-19-18-12-3-4-13(20-21(12)15)23-8-6-22-7-8/h1-5,8H,6-7H2,(H2,16,17). The molecule has 0 aliphatic carbocycles. The highest BCUT2D eigenvalue weighted by molar-refractivity contribution is 7.99. The van der Waals surface area contributed by atoms with Crippen molar-refractivity contribution >= 4 is 44.1 Å². The van der Waals surface area contributed by atoms with Crippen molar-refractivity contribution in [3.8, 4) is 5.88 Å². The molecule has 0 radical (unpaired) electrons. The molecule has 8 nitrogen and oxygen atoms in total. The molecule has 10 heteroatoms. The van der Waals surface area contributed by atoms with E-state index in [1.165, 1.54) is 23.1 Å². The lowest BCUT2D eigenvalue weighted by Crippen LogP contribution is -2.38. The van der Waals surface area contributed by atoms with Crippen LogP contribution in [0.3, 0.4) is 0 Å². The average Bonchev–Trinajstić information content (AvgIpc) is 3.13. The summed E-state index contributed by atoms with van der Waals surface area (Å²) in [6.45, 7) is 1.20. The fourth-order valence-corrected chi connectivity index (χ4v) is 4.10. The number of benzene rings is 1. The van der Waals surface area contributed by atoms with E-state index in [9.17, 15) is 0 Å². The molecule has 1 aliphatic heterocycles. The quantitative estimate of drug-likeness (QED) is 0.582. The van der Waals surface area contributed by atoms with Crippen molar-refractivity contribution in [3.63, 3.8) is 0 Å². The van der Waals surface area contributed by atoms with Gasteiger partial charge in [0.15, 0.2) is 10.8 Å². The maximum absolute atomic E-state index is 5.76. The maximum atomic E-state index is 5.76. The Morgan fingerprint density at radius 1 is 1.24 bits per heavy atom. The van der Waals surface area contributed by atoms with E-state index in [1.54, 1.807) is 10.6 Å². The minimum absolute atomic E-state index is 0.0664. The molecule has 4 heterocycles. The van der Waals surface area contributed by atoms with Gasteiger partial charge in [0, 0.05) is 11.0 Å². The molecule has 0 bridgehead atoms. The molecule has 5 rings (SSSR count). The zero-order valence-electron chi connectivity index (χ0n) is 12.8. The molecule has 1 saturated heterocycles. The van der Waals surface area contributed by atoms with Crippen molar-refractivity contribution in [3.05, 3.63) is 30.3 Å². The third-order valence-electron chi connectivity index (χ3n) is 3.69. The fourth-order valence-electron chi connectivity index (χ4n) is 2.42. The third kappa shape index (κ3) is 2.77. The molecule has 4 aromatic rings. The van der Waals surface area contributed by atoms with Crippen LogP contribution < -0.4 is 10.5 Å². The van der Waals surface area contributed by atoms with Crippen molar-refractivity contribution in [1.82, 2.24) is 24.8 Å². The number of thiazole rings is 1. The van der Waals surface area contributed by atoms with E-state index in [2.05, 4.69) is 20.3 Å². The monoisotopic (exact) mass is 372 g/mol. The van der Waals surface area contributed by atoms with Crippen LogP contribution in [0.1, 0.15) is 0 Å². The predicted molar refractivity (Wildman–Crippen MR) is 94.2 cm³/mol. The first-order valence-corrected chi connectivity index (χ1v) is 9.19. The second kappa shape index (κ2) is 5.83. The molecular weight excluding hydrogens is 360 g/mol. The Morgan fingerprint density at radius 3 is 3.00 bits per heavy atom. The molecule has 1 fully saturated rings.